The first kappa shape index (κ1) is 21.6. The molecule has 1 aromatic heterocycles. The van der Waals surface area contributed by atoms with Crippen LogP contribution in [0.15, 0.2) is 60.9 Å². The van der Waals surface area contributed by atoms with E-state index in [0.717, 1.165) is 33.4 Å². The van der Waals surface area contributed by atoms with Crippen molar-refractivity contribution in [1.82, 2.24) is 9.55 Å². The van der Waals surface area contributed by atoms with Crippen molar-refractivity contribution in [3.8, 4) is 17.5 Å². The fourth-order valence-electron chi connectivity index (χ4n) is 3.79. The number of imidazole rings is 1. The molecule has 0 aliphatic carbocycles. The molecule has 8 heteroatoms. The number of hydrogen-bond donors (Lipinski definition) is 2. The quantitative estimate of drug-likeness (QED) is 0.456. The Labute approximate surface area is 190 Å². The van der Waals surface area contributed by atoms with Gasteiger partial charge in [-0.25, -0.2) is 4.98 Å². The third-order valence-corrected chi connectivity index (χ3v) is 5.22. The highest BCUT2D eigenvalue weighted by Gasteiger charge is 2.15. The third-order valence-electron chi connectivity index (χ3n) is 5.22. The number of nitriles is 1. The van der Waals surface area contributed by atoms with Gasteiger partial charge in [-0.05, 0) is 60.0 Å². The molecule has 0 unspecified atom stereocenters. The van der Waals surface area contributed by atoms with E-state index in [1.54, 1.807) is 42.7 Å². The Morgan fingerprint density at radius 1 is 1.09 bits per heavy atom. The number of nitrogens with zero attached hydrogens (tertiary/aromatic N) is 3. The van der Waals surface area contributed by atoms with E-state index >= 15 is 0 Å². The van der Waals surface area contributed by atoms with E-state index in [9.17, 15) is 14.9 Å². The van der Waals surface area contributed by atoms with Gasteiger partial charge >= 0.3 is 0 Å². The predicted octanol–water partition coefficient (Wildman–Crippen LogP) is 2.76. The van der Waals surface area contributed by atoms with Gasteiger partial charge in [0.05, 0.1) is 22.7 Å². The molecule has 164 valence electrons. The summed E-state index contributed by atoms with van der Waals surface area (Å²) in [5.41, 5.74) is 16.7. The third kappa shape index (κ3) is 4.52. The van der Waals surface area contributed by atoms with E-state index in [0.29, 0.717) is 23.3 Å². The number of aromatic nitrogens is 2. The van der Waals surface area contributed by atoms with E-state index < -0.39 is 11.8 Å². The summed E-state index contributed by atoms with van der Waals surface area (Å²) in [5.74, 6) is -0.691. The molecule has 4 aromatic rings. The lowest BCUT2D eigenvalue weighted by Gasteiger charge is -2.14. The van der Waals surface area contributed by atoms with Crippen molar-refractivity contribution in [2.75, 3.05) is 6.61 Å². The van der Waals surface area contributed by atoms with E-state index in [1.807, 2.05) is 23.6 Å². The molecule has 0 bridgehead atoms. The Balaban J connectivity index is 1.83. The number of aryl methyl sites for hydroxylation is 1. The average molecular weight is 439 g/mol. The summed E-state index contributed by atoms with van der Waals surface area (Å²) < 4.78 is 7.50. The van der Waals surface area contributed by atoms with Gasteiger partial charge in [-0.2, -0.15) is 5.26 Å². The molecule has 0 aliphatic rings. The number of ether oxygens (including phenoxy) is 1. The second kappa shape index (κ2) is 8.85. The largest absolute Gasteiger partial charge is 0.483 e. The molecule has 33 heavy (non-hydrogen) atoms. The van der Waals surface area contributed by atoms with Gasteiger partial charge < -0.3 is 16.2 Å². The Morgan fingerprint density at radius 2 is 1.91 bits per heavy atom. The molecular formula is C25H21N5O3. The zero-order valence-corrected chi connectivity index (χ0v) is 17.9. The van der Waals surface area contributed by atoms with Gasteiger partial charge in [0.25, 0.3) is 5.91 Å². The van der Waals surface area contributed by atoms with Gasteiger partial charge in [-0.15, -0.1) is 0 Å². The van der Waals surface area contributed by atoms with Crippen LogP contribution in [0.25, 0.3) is 16.7 Å². The average Bonchev–Trinajstić information content (AvgIpc) is 3.22. The summed E-state index contributed by atoms with van der Waals surface area (Å²) in [7, 11) is 0. The van der Waals surface area contributed by atoms with Crippen molar-refractivity contribution in [1.29, 1.82) is 5.26 Å². The monoisotopic (exact) mass is 439 g/mol. The standard InChI is InChI=1S/C25H21N5O3/c1-15-7-19(10-17-6-5-16(12-26)9-22(17)33-13-23(27)31)24-21(8-15)29-14-30(24)20-4-2-3-18(11-20)25(28)32/h2-9,11,14H,10,13H2,1H3,(H2,27,31)(H2,28,32). The van der Waals surface area contributed by atoms with E-state index in [2.05, 4.69) is 17.1 Å². The van der Waals surface area contributed by atoms with Crippen molar-refractivity contribution in [3.63, 3.8) is 0 Å². The lowest BCUT2D eigenvalue weighted by molar-refractivity contribution is -0.119. The fraction of sp³-hybridized carbons (Fsp3) is 0.120. The molecule has 3 aromatic carbocycles. The van der Waals surface area contributed by atoms with E-state index in [4.69, 9.17) is 16.2 Å². The molecule has 0 aliphatic heterocycles. The van der Waals surface area contributed by atoms with Crippen molar-refractivity contribution >= 4 is 22.8 Å². The zero-order valence-electron chi connectivity index (χ0n) is 17.9. The minimum Gasteiger partial charge on any atom is -0.483 e. The molecule has 2 amide bonds. The van der Waals surface area contributed by atoms with Crippen LogP contribution in [-0.2, 0) is 11.2 Å². The number of amides is 2. The maximum absolute atomic E-state index is 11.7. The van der Waals surface area contributed by atoms with Crippen molar-refractivity contribution in [3.05, 3.63) is 88.7 Å². The van der Waals surface area contributed by atoms with Crippen LogP contribution in [0.5, 0.6) is 5.75 Å². The van der Waals surface area contributed by atoms with Crippen LogP contribution in [0.2, 0.25) is 0 Å². The van der Waals surface area contributed by atoms with E-state index in [-0.39, 0.29) is 6.61 Å². The minimum atomic E-state index is -0.603. The maximum Gasteiger partial charge on any atom is 0.255 e. The van der Waals surface area contributed by atoms with Crippen molar-refractivity contribution in [2.24, 2.45) is 11.5 Å². The highest BCUT2D eigenvalue weighted by Crippen LogP contribution is 2.29. The number of fused-ring (bicyclic) bond motifs is 1. The number of carbonyl (C=O) groups excluding carboxylic acids is 2. The Morgan fingerprint density at radius 3 is 2.64 bits per heavy atom. The maximum atomic E-state index is 11.7. The first-order valence-corrected chi connectivity index (χ1v) is 10.2. The molecule has 4 rings (SSSR count). The normalized spacial score (nSPS) is 10.7. The first-order chi connectivity index (χ1) is 15.9. The summed E-state index contributed by atoms with van der Waals surface area (Å²) in [5, 5.41) is 9.25. The van der Waals surface area contributed by atoms with Crippen LogP contribution in [0.3, 0.4) is 0 Å². The van der Waals surface area contributed by atoms with Gasteiger partial charge in [0.1, 0.15) is 12.1 Å². The summed E-state index contributed by atoms with van der Waals surface area (Å²) in [4.78, 5) is 27.5. The van der Waals surface area contributed by atoms with Crippen LogP contribution in [-0.4, -0.2) is 28.0 Å². The molecule has 0 atom stereocenters. The number of carbonyl (C=O) groups is 2. The highest BCUT2D eigenvalue weighted by molar-refractivity contribution is 5.93. The van der Waals surface area contributed by atoms with Gasteiger partial charge in [0, 0.05) is 17.7 Å². The van der Waals surface area contributed by atoms with Gasteiger partial charge in [0.15, 0.2) is 6.61 Å². The number of benzene rings is 3. The molecule has 0 saturated heterocycles. The fourth-order valence-corrected chi connectivity index (χ4v) is 3.79. The van der Waals surface area contributed by atoms with Crippen LogP contribution >= 0.6 is 0 Å². The SMILES string of the molecule is Cc1cc(Cc2ccc(C#N)cc2OCC(N)=O)c2c(c1)ncn2-c1cccc(C(N)=O)c1. The first-order valence-electron chi connectivity index (χ1n) is 10.2. The molecule has 0 radical (unpaired) electrons. The molecular weight excluding hydrogens is 418 g/mol. The summed E-state index contributed by atoms with van der Waals surface area (Å²) in [6.45, 7) is 1.70. The number of nitrogens with two attached hydrogens (primary N) is 2. The summed E-state index contributed by atoms with van der Waals surface area (Å²) in [6, 6.07) is 18.2. The molecule has 4 N–H and O–H groups in total. The zero-order chi connectivity index (χ0) is 23.5. The van der Waals surface area contributed by atoms with E-state index in [1.165, 1.54) is 0 Å². The molecule has 0 fully saturated rings. The number of rotatable bonds is 7. The van der Waals surface area contributed by atoms with Crippen LogP contribution in [0.4, 0.5) is 0 Å². The van der Waals surface area contributed by atoms with Gasteiger partial charge in [0.2, 0.25) is 5.91 Å². The second-order valence-electron chi connectivity index (χ2n) is 7.69. The second-order valence-corrected chi connectivity index (χ2v) is 7.69. The van der Waals surface area contributed by atoms with Crippen molar-refractivity contribution < 1.29 is 14.3 Å². The smallest absolute Gasteiger partial charge is 0.255 e. The molecule has 1 heterocycles. The van der Waals surface area contributed by atoms with Crippen molar-refractivity contribution in [2.45, 2.75) is 13.3 Å². The Kier molecular flexibility index (Phi) is 5.79. The lowest BCUT2D eigenvalue weighted by atomic mass is 9.99. The Bertz CT molecular complexity index is 1430. The van der Waals surface area contributed by atoms with Gasteiger partial charge in [-0.3, -0.25) is 14.2 Å². The summed E-state index contributed by atoms with van der Waals surface area (Å²) in [6.07, 6.45) is 2.16. The highest BCUT2D eigenvalue weighted by atomic mass is 16.5. The minimum absolute atomic E-state index is 0.289. The van der Waals surface area contributed by atoms with Gasteiger partial charge in [-0.1, -0.05) is 18.2 Å². The summed E-state index contributed by atoms with van der Waals surface area (Å²) >= 11 is 0. The van der Waals surface area contributed by atoms with Crippen LogP contribution < -0.4 is 16.2 Å². The molecule has 8 nitrogen and oxygen atoms in total. The molecule has 0 spiro atoms. The Hall–Kier alpha value is -4.64. The predicted molar refractivity (Wildman–Crippen MR) is 123 cm³/mol. The number of primary amides is 2. The topological polar surface area (TPSA) is 137 Å². The lowest BCUT2D eigenvalue weighted by Crippen LogP contribution is -2.20. The molecule has 0 saturated carbocycles. The van der Waals surface area contributed by atoms with Crippen LogP contribution in [0, 0.1) is 18.3 Å². The number of hydrogen-bond acceptors (Lipinski definition) is 5. The van der Waals surface area contributed by atoms with Crippen LogP contribution in [0.1, 0.15) is 32.6 Å².